The third-order valence-electron chi connectivity index (χ3n) is 6.32. The zero-order valence-corrected chi connectivity index (χ0v) is 23.9. The number of benzene rings is 3. The maximum atomic E-state index is 13.1. The lowest BCUT2D eigenvalue weighted by Crippen LogP contribution is -2.32. The van der Waals surface area contributed by atoms with Crippen LogP contribution >= 0.6 is 11.3 Å². The van der Waals surface area contributed by atoms with Gasteiger partial charge >= 0.3 is 11.9 Å². The smallest absolute Gasteiger partial charge is 0.338 e. The van der Waals surface area contributed by atoms with Gasteiger partial charge in [-0.1, -0.05) is 67.6 Å². The molecule has 0 aliphatic rings. The highest BCUT2D eigenvalue weighted by molar-refractivity contribution is 7.13. The number of anilines is 1. The van der Waals surface area contributed by atoms with Crippen LogP contribution in [-0.2, 0) is 25.5 Å². The minimum atomic E-state index is -1.04. The van der Waals surface area contributed by atoms with Gasteiger partial charge in [0.1, 0.15) is 0 Å². The van der Waals surface area contributed by atoms with Crippen LogP contribution in [0.4, 0.5) is 5.13 Å². The van der Waals surface area contributed by atoms with E-state index in [-0.39, 0.29) is 25.0 Å². The molecule has 9 nitrogen and oxygen atoms in total. The number of carbonyl (C=O) groups is 3. The van der Waals surface area contributed by atoms with Crippen molar-refractivity contribution in [1.29, 1.82) is 0 Å². The van der Waals surface area contributed by atoms with Crippen molar-refractivity contribution in [3.63, 3.8) is 0 Å². The van der Waals surface area contributed by atoms with E-state index in [2.05, 4.69) is 10.3 Å². The Balaban J connectivity index is 1.35. The lowest BCUT2D eigenvalue weighted by Gasteiger charge is -2.15. The summed E-state index contributed by atoms with van der Waals surface area (Å²) in [6.45, 7) is 3.75. The molecule has 1 atom stereocenters. The number of hydrogen-bond donors (Lipinski definition) is 1. The Morgan fingerprint density at radius 2 is 1.48 bits per heavy atom. The highest BCUT2D eigenvalue weighted by Crippen LogP contribution is 2.31. The highest BCUT2D eigenvalue weighted by Gasteiger charge is 2.24. The number of aromatic nitrogens is 3. The van der Waals surface area contributed by atoms with Crippen molar-refractivity contribution in [3.8, 4) is 22.5 Å². The minimum Gasteiger partial charge on any atom is -0.466 e. The Kier molecular flexibility index (Phi) is 8.93. The average molecular weight is 581 g/mol. The summed E-state index contributed by atoms with van der Waals surface area (Å²) in [7, 11) is 0. The standard InChI is InChI=1S/C32H28N4O5S/c1-3-26(30(38)36-32-33-23(19-42-32)18-27(37)40-4-2)41-31(39)22-15-16-24-25(17-22)35-29(21-13-9-6-10-14-21)28(34-24)20-11-7-5-8-12-20/h5-17,19,26H,3-4,18H2,1-2H3,(H,33,36,38). The van der Waals surface area contributed by atoms with Gasteiger partial charge in [-0.25, -0.2) is 19.7 Å². The number of amides is 1. The fraction of sp³-hybridized carbons (Fsp3) is 0.188. The number of thiazole rings is 1. The molecule has 0 saturated carbocycles. The molecule has 0 aliphatic heterocycles. The zero-order valence-electron chi connectivity index (χ0n) is 23.1. The van der Waals surface area contributed by atoms with Crippen LogP contribution in [0.2, 0.25) is 0 Å². The average Bonchev–Trinajstić information content (AvgIpc) is 3.45. The van der Waals surface area contributed by atoms with Crippen LogP contribution in [0.5, 0.6) is 0 Å². The van der Waals surface area contributed by atoms with Crippen molar-refractivity contribution in [2.45, 2.75) is 32.8 Å². The van der Waals surface area contributed by atoms with Crippen molar-refractivity contribution < 1.29 is 23.9 Å². The first kappa shape index (κ1) is 28.6. The van der Waals surface area contributed by atoms with Gasteiger partial charge in [0.25, 0.3) is 5.91 Å². The minimum absolute atomic E-state index is 0.0100. The Morgan fingerprint density at radius 1 is 0.833 bits per heavy atom. The second-order valence-corrected chi connectivity index (χ2v) is 10.1. The lowest BCUT2D eigenvalue weighted by atomic mass is 10.0. The Bertz CT molecular complexity index is 1720. The van der Waals surface area contributed by atoms with Gasteiger partial charge in [-0.2, -0.15) is 0 Å². The number of fused-ring (bicyclic) bond motifs is 1. The first-order valence-corrected chi connectivity index (χ1v) is 14.4. The zero-order chi connectivity index (χ0) is 29.5. The van der Waals surface area contributed by atoms with Gasteiger partial charge < -0.3 is 9.47 Å². The first-order chi connectivity index (χ1) is 20.4. The predicted molar refractivity (Wildman–Crippen MR) is 161 cm³/mol. The normalized spacial score (nSPS) is 11.6. The number of rotatable bonds is 10. The lowest BCUT2D eigenvalue weighted by molar-refractivity contribution is -0.142. The van der Waals surface area contributed by atoms with Gasteiger partial charge in [0, 0.05) is 16.5 Å². The van der Waals surface area contributed by atoms with Crippen LogP contribution in [0.25, 0.3) is 33.5 Å². The van der Waals surface area contributed by atoms with Crippen molar-refractivity contribution in [2.24, 2.45) is 0 Å². The number of ether oxygens (including phenoxy) is 2. The van der Waals surface area contributed by atoms with Crippen LogP contribution in [0.1, 0.15) is 36.3 Å². The molecule has 0 aliphatic carbocycles. The molecule has 212 valence electrons. The number of hydrogen-bond acceptors (Lipinski definition) is 9. The van der Waals surface area contributed by atoms with E-state index in [4.69, 9.17) is 19.4 Å². The summed E-state index contributed by atoms with van der Waals surface area (Å²) in [6.07, 6.45) is -0.780. The molecule has 42 heavy (non-hydrogen) atoms. The van der Waals surface area contributed by atoms with E-state index in [1.807, 2.05) is 60.7 Å². The molecule has 0 saturated heterocycles. The predicted octanol–water partition coefficient (Wildman–Crippen LogP) is 6.10. The molecule has 10 heteroatoms. The number of nitrogens with zero attached hydrogens (tertiary/aromatic N) is 3. The number of esters is 2. The van der Waals surface area contributed by atoms with E-state index >= 15 is 0 Å². The Morgan fingerprint density at radius 3 is 2.10 bits per heavy atom. The molecule has 5 aromatic rings. The summed E-state index contributed by atoms with van der Waals surface area (Å²) < 4.78 is 10.5. The molecular weight excluding hydrogens is 552 g/mol. The topological polar surface area (TPSA) is 120 Å². The van der Waals surface area contributed by atoms with E-state index < -0.39 is 23.9 Å². The molecule has 0 radical (unpaired) electrons. The molecule has 1 unspecified atom stereocenters. The second kappa shape index (κ2) is 13.1. The molecule has 0 fully saturated rings. The van der Waals surface area contributed by atoms with Crippen molar-refractivity contribution >= 4 is 45.3 Å². The van der Waals surface area contributed by atoms with E-state index in [1.54, 1.807) is 37.4 Å². The van der Waals surface area contributed by atoms with Crippen molar-refractivity contribution in [2.75, 3.05) is 11.9 Å². The summed E-state index contributed by atoms with van der Waals surface area (Å²) in [5, 5.41) is 4.64. The monoisotopic (exact) mass is 580 g/mol. The Labute approximate surface area is 246 Å². The number of nitrogens with one attached hydrogen (secondary N) is 1. The first-order valence-electron chi connectivity index (χ1n) is 13.5. The third kappa shape index (κ3) is 6.67. The molecular formula is C32H28N4O5S. The molecule has 5 rings (SSSR count). The maximum absolute atomic E-state index is 13.1. The van der Waals surface area contributed by atoms with Crippen LogP contribution in [-0.4, -0.2) is 45.5 Å². The van der Waals surface area contributed by atoms with E-state index in [9.17, 15) is 14.4 Å². The maximum Gasteiger partial charge on any atom is 0.338 e. The summed E-state index contributed by atoms with van der Waals surface area (Å²) in [5.41, 5.74) is 5.14. The summed E-state index contributed by atoms with van der Waals surface area (Å²) in [4.78, 5) is 51.8. The van der Waals surface area contributed by atoms with Crippen LogP contribution in [0.3, 0.4) is 0 Å². The van der Waals surface area contributed by atoms with Gasteiger partial charge in [0.05, 0.1) is 46.7 Å². The quantitative estimate of drug-likeness (QED) is 0.197. The van der Waals surface area contributed by atoms with Crippen LogP contribution < -0.4 is 5.32 Å². The molecule has 0 spiro atoms. The van der Waals surface area contributed by atoms with E-state index in [0.717, 1.165) is 16.8 Å². The fourth-order valence-corrected chi connectivity index (χ4v) is 5.00. The van der Waals surface area contributed by atoms with Gasteiger partial charge in [-0.05, 0) is 31.5 Å². The fourth-order valence-electron chi connectivity index (χ4n) is 4.29. The molecule has 1 amide bonds. The van der Waals surface area contributed by atoms with Gasteiger partial charge in [-0.15, -0.1) is 11.3 Å². The molecule has 0 bridgehead atoms. The summed E-state index contributed by atoms with van der Waals surface area (Å²) in [5.74, 6) is -1.56. The van der Waals surface area contributed by atoms with Gasteiger partial charge in [0.15, 0.2) is 11.2 Å². The van der Waals surface area contributed by atoms with Gasteiger partial charge in [0.2, 0.25) is 0 Å². The summed E-state index contributed by atoms with van der Waals surface area (Å²) >= 11 is 1.17. The number of carbonyl (C=O) groups excluding carboxylic acids is 3. The van der Waals surface area contributed by atoms with Crippen molar-refractivity contribution in [1.82, 2.24) is 15.0 Å². The van der Waals surface area contributed by atoms with Crippen LogP contribution in [0, 0.1) is 0 Å². The largest absolute Gasteiger partial charge is 0.466 e. The van der Waals surface area contributed by atoms with Crippen molar-refractivity contribution in [3.05, 3.63) is 95.5 Å². The molecule has 2 aromatic heterocycles. The molecule has 2 heterocycles. The SMILES string of the molecule is CCOC(=O)Cc1csc(NC(=O)C(CC)OC(=O)c2ccc3nc(-c4ccccc4)c(-c4ccccc4)nc3c2)n1. The summed E-state index contributed by atoms with van der Waals surface area (Å²) in [6, 6.07) is 24.5. The van der Waals surface area contributed by atoms with E-state index in [1.165, 1.54) is 11.3 Å². The third-order valence-corrected chi connectivity index (χ3v) is 7.13. The van der Waals surface area contributed by atoms with Gasteiger partial charge in [-0.3, -0.25) is 14.9 Å². The second-order valence-electron chi connectivity index (χ2n) is 9.27. The van der Waals surface area contributed by atoms with Crippen LogP contribution in [0.15, 0.2) is 84.2 Å². The highest BCUT2D eigenvalue weighted by atomic mass is 32.1. The molecule has 3 aromatic carbocycles. The van der Waals surface area contributed by atoms with E-state index in [0.29, 0.717) is 27.6 Å². The Hall–Kier alpha value is -4.96. The molecule has 1 N–H and O–H groups in total.